The minimum Gasteiger partial charge on any atom is -0.497 e. The Morgan fingerprint density at radius 3 is 2.46 bits per heavy atom. The largest absolute Gasteiger partial charge is 0.497 e. The molecule has 1 amide bonds. The van der Waals surface area contributed by atoms with Gasteiger partial charge in [-0.15, -0.1) is 0 Å². The fourth-order valence-corrected chi connectivity index (χ4v) is 2.15. The summed E-state index contributed by atoms with van der Waals surface area (Å²) in [6.45, 7) is 0.885. The SMILES string of the molecule is COc1ccc(CCNC(=O)CCNc2ccc(F)c(F)c2)cc1. The van der Waals surface area contributed by atoms with Gasteiger partial charge in [0.15, 0.2) is 11.6 Å². The number of hydrogen-bond acceptors (Lipinski definition) is 3. The van der Waals surface area contributed by atoms with E-state index in [0.29, 0.717) is 18.8 Å². The summed E-state index contributed by atoms with van der Waals surface area (Å²) in [5.74, 6) is -1.11. The van der Waals surface area contributed by atoms with Crippen LogP contribution in [0.25, 0.3) is 0 Å². The molecule has 24 heavy (non-hydrogen) atoms. The first-order valence-corrected chi connectivity index (χ1v) is 7.67. The van der Waals surface area contributed by atoms with Crippen LogP contribution in [-0.2, 0) is 11.2 Å². The van der Waals surface area contributed by atoms with Gasteiger partial charge in [0, 0.05) is 25.2 Å². The zero-order valence-corrected chi connectivity index (χ0v) is 13.4. The van der Waals surface area contributed by atoms with Crippen LogP contribution in [0.2, 0.25) is 0 Å². The highest BCUT2D eigenvalue weighted by Gasteiger charge is 2.04. The van der Waals surface area contributed by atoms with E-state index in [4.69, 9.17) is 4.74 Å². The maximum Gasteiger partial charge on any atom is 0.221 e. The predicted molar refractivity (Wildman–Crippen MR) is 89.2 cm³/mol. The quantitative estimate of drug-likeness (QED) is 0.780. The predicted octanol–water partition coefficient (Wildman–Crippen LogP) is 3.13. The van der Waals surface area contributed by atoms with Crippen molar-refractivity contribution in [3.05, 3.63) is 59.7 Å². The number of rotatable bonds is 8. The lowest BCUT2D eigenvalue weighted by molar-refractivity contribution is -0.120. The highest BCUT2D eigenvalue weighted by atomic mass is 19.2. The molecule has 0 unspecified atom stereocenters. The summed E-state index contributed by atoms with van der Waals surface area (Å²) in [5, 5.41) is 5.71. The van der Waals surface area contributed by atoms with Crippen molar-refractivity contribution >= 4 is 11.6 Å². The maximum atomic E-state index is 13.0. The highest BCUT2D eigenvalue weighted by Crippen LogP contribution is 2.13. The van der Waals surface area contributed by atoms with Gasteiger partial charge in [-0.1, -0.05) is 12.1 Å². The van der Waals surface area contributed by atoms with Gasteiger partial charge in [0.05, 0.1) is 7.11 Å². The van der Waals surface area contributed by atoms with Crippen LogP contribution in [0.1, 0.15) is 12.0 Å². The second-order valence-corrected chi connectivity index (χ2v) is 5.25. The molecule has 0 heterocycles. The van der Waals surface area contributed by atoms with Crippen LogP contribution in [0.4, 0.5) is 14.5 Å². The van der Waals surface area contributed by atoms with E-state index in [9.17, 15) is 13.6 Å². The average molecular weight is 334 g/mol. The van der Waals surface area contributed by atoms with Crippen molar-refractivity contribution in [2.75, 3.05) is 25.5 Å². The minimum absolute atomic E-state index is 0.0985. The lowest BCUT2D eigenvalue weighted by Gasteiger charge is -2.08. The summed E-state index contributed by atoms with van der Waals surface area (Å²) in [6, 6.07) is 11.2. The third kappa shape index (κ3) is 5.53. The summed E-state index contributed by atoms with van der Waals surface area (Å²) in [5.41, 5.74) is 1.55. The number of nitrogens with one attached hydrogen (secondary N) is 2. The van der Waals surface area contributed by atoms with Crippen molar-refractivity contribution in [1.29, 1.82) is 0 Å². The third-order valence-corrected chi connectivity index (χ3v) is 3.50. The third-order valence-electron chi connectivity index (χ3n) is 3.50. The molecule has 2 aromatic rings. The lowest BCUT2D eigenvalue weighted by Crippen LogP contribution is -2.27. The molecule has 0 saturated carbocycles. The first-order chi connectivity index (χ1) is 11.6. The molecule has 0 spiro atoms. The van der Waals surface area contributed by atoms with E-state index in [1.807, 2.05) is 24.3 Å². The Morgan fingerprint density at radius 1 is 1.04 bits per heavy atom. The standard InChI is InChI=1S/C18H20F2N2O2/c1-24-15-5-2-13(3-6-15)8-10-22-18(23)9-11-21-14-4-7-16(19)17(20)12-14/h2-7,12,21H,8-11H2,1H3,(H,22,23). The summed E-state index contributed by atoms with van der Waals surface area (Å²) < 4.78 is 30.9. The Labute approximate surface area is 139 Å². The van der Waals surface area contributed by atoms with E-state index in [-0.39, 0.29) is 12.3 Å². The molecule has 0 atom stereocenters. The molecule has 0 bridgehead atoms. The van der Waals surface area contributed by atoms with E-state index in [2.05, 4.69) is 10.6 Å². The van der Waals surface area contributed by atoms with Gasteiger partial charge in [-0.2, -0.15) is 0 Å². The Balaban J connectivity index is 1.64. The van der Waals surface area contributed by atoms with Gasteiger partial charge in [-0.05, 0) is 42.3 Å². The van der Waals surface area contributed by atoms with E-state index in [1.165, 1.54) is 6.07 Å². The molecule has 0 radical (unpaired) electrons. The second-order valence-electron chi connectivity index (χ2n) is 5.25. The second kappa shape index (κ2) is 8.86. The fourth-order valence-electron chi connectivity index (χ4n) is 2.15. The molecule has 0 saturated heterocycles. The van der Waals surface area contributed by atoms with Crippen LogP contribution in [0.15, 0.2) is 42.5 Å². The monoisotopic (exact) mass is 334 g/mol. The molecule has 0 aliphatic carbocycles. The topological polar surface area (TPSA) is 50.4 Å². The number of amides is 1. The Morgan fingerprint density at radius 2 is 1.79 bits per heavy atom. The zero-order valence-electron chi connectivity index (χ0n) is 13.4. The minimum atomic E-state index is -0.913. The van der Waals surface area contributed by atoms with Crippen molar-refractivity contribution < 1.29 is 18.3 Å². The van der Waals surface area contributed by atoms with Crippen molar-refractivity contribution in [3.8, 4) is 5.75 Å². The van der Waals surface area contributed by atoms with E-state index in [1.54, 1.807) is 7.11 Å². The summed E-state index contributed by atoms with van der Waals surface area (Å²) in [7, 11) is 1.61. The molecule has 128 valence electrons. The fraction of sp³-hybridized carbons (Fsp3) is 0.278. The number of ether oxygens (including phenoxy) is 1. The molecule has 2 rings (SSSR count). The summed E-state index contributed by atoms with van der Waals surface area (Å²) in [6.07, 6.45) is 0.980. The van der Waals surface area contributed by atoms with Crippen LogP contribution in [0.3, 0.4) is 0 Å². The van der Waals surface area contributed by atoms with Crippen molar-refractivity contribution in [1.82, 2.24) is 5.32 Å². The summed E-state index contributed by atoms with van der Waals surface area (Å²) >= 11 is 0. The van der Waals surface area contributed by atoms with Gasteiger partial charge in [-0.3, -0.25) is 4.79 Å². The number of carbonyl (C=O) groups excluding carboxylic acids is 1. The van der Waals surface area contributed by atoms with Crippen molar-refractivity contribution in [2.45, 2.75) is 12.8 Å². The van der Waals surface area contributed by atoms with Gasteiger partial charge < -0.3 is 15.4 Å². The van der Waals surface area contributed by atoms with Gasteiger partial charge in [0.2, 0.25) is 5.91 Å². The number of anilines is 1. The molecular weight excluding hydrogens is 314 g/mol. The Hall–Kier alpha value is -2.63. The van der Waals surface area contributed by atoms with E-state index in [0.717, 1.165) is 29.9 Å². The number of benzene rings is 2. The van der Waals surface area contributed by atoms with Crippen LogP contribution >= 0.6 is 0 Å². The molecule has 2 N–H and O–H groups in total. The Kier molecular flexibility index (Phi) is 6.54. The van der Waals surface area contributed by atoms with Gasteiger partial charge >= 0.3 is 0 Å². The normalized spacial score (nSPS) is 10.3. The number of hydrogen-bond donors (Lipinski definition) is 2. The van der Waals surface area contributed by atoms with E-state index >= 15 is 0 Å². The van der Waals surface area contributed by atoms with Crippen LogP contribution < -0.4 is 15.4 Å². The molecule has 2 aromatic carbocycles. The van der Waals surface area contributed by atoms with Crippen LogP contribution in [-0.4, -0.2) is 26.1 Å². The van der Waals surface area contributed by atoms with Crippen molar-refractivity contribution in [2.24, 2.45) is 0 Å². The Bertz CT molecular complexity index is 675. The van der Waals surface area contributed by atoms with Gasteiger partial charge in [0.25, 0.3) is 0 Å². The highest BCUT2D eigenvalue weighted by molar-refractivity contribution is 5.76. The molecule has 0 aliphatic heterocycles. The van der Waals surface area contributed by atoms with E-state index < -0.39 is 11.6 Å². The molecule has 0 aromatic heterocycles. The molecule has 0 aliphatic rings. The first-order valence-electron chi connectivity index (χ1n) is 7.67. The number of halogens is 2. The number of carbonyl (C=O) groups is 1. The number of methoxy groups -OCH3 is 1. The lowest BCUT2D eigenvalue weighted by atomic mass is 10.1. The average Bonchev–Trinajstić information content (AvgIpc) is 2.59. The first kappa shape index (κ1) is 17.7. The van der Waals surface area contributed by atoms with Crippen LogP contribution in [0, 0.1) is 11.6 Å². The van der Waals surface area contributed by atoms with Crippen LogP contribution in [0.5, 0.6) is 5.75 Å². The molecule has 4 nitrogen and oxygen atoms in total. The maximum absolute atomic E-state index is 13.0. The smallest absolute Gasteiger partial charge is 0.221 e. The van der Waals surface area contributed by atoms with Gasteiger partial charge in [-0.25, -0.2) is 8.78 Å². The summed E-state index contributed by atoms with van der Waals surface area (Å²) in [4.78, 5) is 11.7. The van der Waals surface area contributed by atoms with Gasteiger partial charge in [0.1, 0.15) is 5.75 Å². The molecular formula is C18H20F2N2O2. The van der Waals surface area contributed by atoms with Crippen molar-refractivity contribution in [3.63, 3.8) is 0 Å². The molecule has 6 heteroatoms. The molecule has 0 fully saturated rings. The zero-order chi connectivity index (χ0) is 17.4.